The predicted octanol–water partition coefficient (Wildman–Crippen LogP) is 6.16. The van der Waals surface area contributed by atoms with Gasteiger partial charge in [-0.25, -0.2) is 0 Å². The average molecular weight is 439 g/mol. The summed E-state index contributed by atoms with van der Waals surface area (Å²) < 4.78 is 0. The fourth-order valence-electron chi connectivity index (χ4n) is 4.27. The maximum absolute atomic E-state index is 12.7. The van der Waals surface area contributed by atoms with E-state index in [1.54, 1.807) is 0 Å². The molecule has 33 heavy (non-hydrogen) atoms. The van der Waals surface area contributed by atoms with Crippen molar-refractivity contribution in [3.8, 4) is 22.3 Å². The summed E-state index contributed by atoms with van der Waals surface area (Å²) in [5.74, 6) is -0.0215. The van der Waals surface area contributed by atoms with Gasteiger partial charge in [-0.1, -0.05) is 80.9 Å². The minimum absolute atomic E-state index is 0.00198. The summed E-state index contributed by atoms with van der Waals surface area (Å²) in [5, 5.41) is 3.96. The van der Waals surface area contributed by atoms with Crippen molar-refractivity contribution in [2.45, 2.75) is 39.7 Å². The number of aromatic nitrogens is 1. The lowest BCUT2D eigenvalue weighted by Crippen LogP contribution is -2.44. The first-order valence-electron chi connectivity index (χ1n) is 11.5. The van der Waals surface area contributed by atoms with Crippen LogP contribution in [-0.2, 0) is 16.0 Å². The molecule has 0 radical (unpaired) electrons. The number of carbonyl (C=O) groups excluding carboxylic acids is 2. The van der Waals surface area contributed by atoms with Crippen molar-refractivity contribution in [3.63, 3.8) is 0 Å². The Hall–Kier alpha value is -3.66. The van der Waals surface area contributed by atoms with E-state index in [1.807, 2.05) is 38.2 Å². The number of H-pyrrole nitrogens is 1. The van der Waals surface area contributed by atoms with Crippen molar-refractivity contribution in [2.24, 2.45) is 5.92 Å². The lowest BCUT2D eigenvalue weighted by Gasteiger charge is -2.21. The summed E-state index contributed by atoms with van der Waals surface area (Å²) in [4.78, 5) is 28.0. The summed E-state index contributed by atoms with van der Waals surface area (Å²) in [7, 11) is 0. The molecule has 0 saturated carbocycles. The van der Waals surface area contributed by atoms with E-state index in [0.29, 0.717) is 0 Å². The zero-order valence-electron chi connectivity index (χ0n) is 19.4. The van der Waals surface area contributed by atoms with Gasteiger partial charge in [0.25, 0.3) is 0 Å². The lowest BCUT2D eigenvalue weighted by molar-refractivity contribution is -0.127. The van der Waals surface area contributed by atoms with Crippen molar-refractivity contribution < 1.29 is 9.59 Å². The predicted molar refractivity (Wildman–Crippen MR) is 135 cm³/mol. The van der Waals surface area contributed by atoms with Gasteiger partial charge in [-0.15, -0.1) is 0 Å². The zero-order chi connectivity index (χ0) is 23.4. The summed E-state index contributed by atoms with van der Waals surface area (Å²) in [6.07, 6.45) is 2.96. The van der Waals surface area contributed by atoms with Gasteiger partial charge in [0.15, 0.2) is 5.78 Å². The van der Waals surface area contributed by atoms with Crippen LogP contribution in [0, 0.1) is 5.92 Å². The van der Waals surface area contributed by atoms with E-state index in [-0.39, 0.29) is 24.0 Å². The highest BCUT2D eigenvalue weighted by Gasteiger charge is 2.23. The van der Waals surface area contributed by atoms with Gasteiger partial charge in [0, 0.05) is 17.1 Å². The van der Waals surface area contributed by atoms with Crippen LogP contribution >= 0.6 is 0 Å². The molecule has 3 aromatic carbocycles. The fourth-order valence-corrected chi connectivity index (χ4v) is 4.27. The average Bonchev–Trinajstić information content (AvgIpc) is 3.24. The number of aromatic amines is 1. The molecule has 4 heteroatoms. The van der Waals surface area contributed by atoms with Crippen molar-refractivity contribution in [1.29, 1.82) is 0 Å². The third kappa shape index (κ3) is 5.06. The van der Waals surface area contributed by atoms with Crippen LogP contribution in [0.25, 0.3) is 33.2 Å². The zero-order valence-corrected chi connectivity index (χ0v) is 19.4. The second-order valence-corrected chi connectivity index (χ2v) is 8.74. The number of Topliss-reactive ketones (excluding diaryl/α,β-unsaturated/α-hetero) is 1. The van der Waals surface area contributed by atoms with Crippen LogP contribution in [-0.4, -0.2) is 22.7 Å². The Morgan fingerprint density at radius 1 is 0.879 bits per heavy atom. The third-order valence-electron chi connectivity index (χ3n) is 6.41. The number of carbonyl (C=O) groups is 2. The van der Waals surface area contributed by atoms with Crippen LogP contribution in [0.5, 0.6) is 0 Å². The Balaban J connectivity index is 1.55. The van der Waals surface area contributed by atoms with Gasteiger partial charge in [0.05, 0.1) is 12.5 Å². The van der Waals surface area contributed by atoms with E-state index < -0.39 is 6.04 Å². The molecule has 1 amide bonds. The Morgan fingerprint density at radius 2 is 1.48 bits per heavy atom. The number of amides is 1. The molecule has 4 rings (SSSR count). The van der Waals surface area contributed by atoms with Crippen LogP contribution in [0.2, 0.25) is 0 Å². The second kappa shape index (κ2) is 9.86. The number of rotatable bonds is 8. The molecule has 2 N–H and O–H groups in total. The van der Waals surface area contributed by atoms with Crippen molar-refractivity contribution in [3.05, 3.63) is 84.6 Å². The van der Waals surface area contributed by atoms with Gasteiger partial charge in [-0.05, 0) is 52.8 Å². The van der Waals surface area contributed by atoms with Gasteiger partial charge in [-0.2, -0.15) is 0 Å². The van der Waals surface area contributed by atoms with Gasteiger partial charge in [-0.3, -0.25) is 9.59 Å². The van der Waals surface area contributed by atoms with Crippen LogP contribution in [0.4, 0.5) is 0 Å². The SMILES string of the molecule is CC[C@H](C)[C@H](NC(=O)Cc1c[nH]c2ccc(-c3ccc(-c4ccccc4)cc3)cc12)C(C)=O. The molecule has 2 atom stereocenters. The maximum atomic E-state index is 12.7. The normalized spacial score (nSPS) is 12.9. The monoisotopic (exact) mass is 438 g/mol. The van der Waals surface area contributed by atoms with Gasteiger partial charge in [0.2, 0.25) is 5.91 Å². The van der Waals surface area contributed by atoms with Crippen LogP contribution in [0.15, 0.2) is 79.0 Å². The number of hydrogen-bond acceptors (Lipinski definition) is 2. The molecule has 4 nitrogen and oxygen atoms in total. The quantitative estimate of drug-likeness (QED) is 0.346. The standard InChI is InChI=1S/C29H30N2O2/c1-4-19(2)29(20(3)32)31-28(33)17-25-18-30-27-15-14-24(16-26(25)27)23-12-10-22(11-13-23)21-8-6-5-7-9-21/h5-16,18-19,29-30H,4,17H2,1-3H3,(H,31,33)/t19-,29-/m0/s1. The Bertz CT molecular complexity index is 1260. The van der Waals surface area contributed by atoms with Gasteiger partial charge < -0.3 is 10.3 Å². The van der Waals surface area contributed by atoms with E-state index in [1.165, 1.54) is 18.1 Å². The molecule has 1 heterocycles. The maximum Gasteiger partial charge on any atom is 0.225 e. The van der Waals surface area contributed by atoms with Crippen LogP contribution < -0.4 is 5.32 Å². The number of ketones is 1. The molecule has 4 aromatic rings. The summed E-state index contributed by atoms with van der Waals surface area (Å²) in [5.41, 5.74) is 6.52. The summed E-state index contributed by atoms with van der Waals surface area (Å²) in [6.45, 7) is 5.56. The third-order valence-corrected chi connectivity index (χ3v) is 6.41. The Morgan fingerprint density at radius 3 is 2.12 bits per heavy atom. The van der Waals surface area contributed by atoms with E-state index in [0.717, 1.165) is 34.0 Å². The van der Waals surface area contributed by atoms with E-state index in [9.17, 15) is 9.59 Å². The van der Waals surface area contributed by atoms with E-state index in [4.69, 9.17) is 0 Å². The smallest absolute Gasteiger partial charge is 0.225 e. The molecule has 0 unspecified atom stereocenters. The molecule has 1 aromatic heterocycles. The van der Waals surface area contributed by atoms with Crippen molar-refractivity contribution in [2.75, 3.05) is 0 Å². The first-order valence-corrected chi connectivity index (χ1v) is 11.5. The molecule has 0 aliphatic carbocycles. The highest BCUT2D eigenvalue weighted by molar-refractivity contribution is 5.93. The molecular weight excluding hydrogens is 408 g/mol. The van der Waals surface area contributed by atoms with E-state index >= 15 is 0 Å². The lowest BCUT2D eigenvalue weighted by atomic mass is 9.95. The van der Waals surface area contributed by atoms with E-state index in [2.05, 4.69) is 64.9 Å². The number of nitrogens with one attached hydrogen (secondary N) is 2. The minimum Gasteiger partial charge on any atom is -0.361 e. The molecule has 0 aliphatic rings. The van der Waals surface area contributed by atoms with Crippen LogP contribution in [0.1, 0.15) is 32.8 Å². The number of hydrogen-bond donors (Lipinski definition) is 2. The molecule has 0 spiro atoms. The topological polar surface area (TPSA) is 62.0 Å². The largest absolute Gasteiger partial charge is 0.361 e. The Kier molecular flexibility index (Phi) is 6.74. The molecule has 0 aliphatic heterocycles. The van der Waals surface area contributed by atoms with Crippen molar-refractivity contribution >= 4 is 22.6 Å². The number of fused-ring (bicyclic) bond motifs is 1. The number of benzene rings is 3. The fraction of sp³-hybridized carbons (Fsp3) is 0.241. The highest BCUT2D eigenvalue weighted by Crippen LogP contribution is 2.29. The van der Waals surface area contributed by atoms with Gasteiger partial charge in [0.1, 0.15) is 0 Å². The summed E-state index contributed by atoms with van der Waals surface area (Å²) in [6, 6.07) is 24.7. The molecule has 0 saturated heterocycles. The highest BCUT2D eigenvalue weighted by atomic mass is 16.2. The minimum atomic E-state index is -0.439. The van der Waals surface area contributed by atoms with Gasteiger partial charge >= 0.3 is 0 Å². The molecular formula is C29H30N2O2. The van der Waals surface area contributed by atoms with Crippen LogP contribution in [0.3, 0.4) is 0 Å². The second-order valence-electron chi connectivity index (χ2n) is 8.74. The molecule has 0 bridgehead atoms. The molecule has 0 fully saturated rings. The summed E-state index contributed by atoms with van der Waals surface area (Å²) >= 11 is 0. The first-order chi connectivity index (χ1) is 16.0. The van der Waals surface area contributed by atoms with Crippen molar-refractivity contribution in [1.82, 2.24) is 10.3 Å². The first kappa shape index (κ1) is 22.5. The molecule has 168 valence electrons. The Labute approximate surface area is 195 Å².